The quantitative estimate of drug-likeness (QED) is 0.760. The molecule has 1 saturated carbocycles. The second kappa shape index (κ2) is 6.67. The first kappa shape index (κ1) is 16.8. The van der Waals surface area contributed by atoms with Gasteiger partial charge in [0.2, 0.25) is 0 Å². The maximum Gasteiger partial charge on any atom is 0.409 e. The molecule has 0 aromatic heterocycles. The molecule has 21 heavy (non-hydrogen) atoms. The third-order valence-corrected chi connectivity index (χ3v) is 6.26. The molecule has 5 nitrogen and oxygen atoms in total. The zero-order valence-corrected chi connectivity index (χ0v) is 14.7. The molecule has 6 heteroatoms. The van der Waals surface area contributed by atoms with E-state index in [1.807, 2.05) is 4.90 Å². The molecule has 2 rings (SSSR count). The number of rotatable bonds is 6. The minimum atomic E-state index is -1.14. The molecule has 1 heterocycles. The molecule has 1 saturated heterocycles. The van der Waals surface area contributed by atoms with Gasteiger partial charge in [0.1, 0.15) is 0 Å². The Hall–Kier alpha value is -0.593. The van der Waals surface area contributed by atoms with Crippen molar-refractivity contribution in [1.29, 1.82) is 0 Å². The van der Waals surface area contributed by atoms with Crippen LogP contribution in [-0.2, 0) is 4.74 Å². The van der Waals surface area contributed by atoms with Crippen molar-refractivity contribution in [3.63, 3.8) is 0 Å². The van der Waals surface area contributed by atoms with Gasteiger partial charge >= 0.3 is 6.09 Å². The lowest BCUT2D eigenvalue weighted by Gasteiger charge is -2.35. The number of carbonyl (C=O) groups is 1. The van der Waals surface area contributed by atoms with E-state index in [-0.39, 0.29) is 11.5 Å². The monoisotopic (exact) mass is 314 g/mol. The fraction of sp³-hybridized carbons (Fsp3) is 0.933. The van der Waals surface area contributed by atoms with Crippen LogP contribution in [0, 0.1) is 5.41 Å². The molecule has 2 aliphatic rings. The zero-order chi connectivity index (χ0) is 15.5. The molecule has 0 atom stereocenters. The SMILES string of the molecule is C[Si](C)(C)CCOC(=O)N1CCN(CC2(CO)CC2)CC1. The predicted molar refractivity (Wildman–Crippen MR) is 86.3 cm³/mol. The number of amides is 1. The van der Waals surface area contributed by atoms with E-state index in [9.17, 15) is 9.90 Å². The highest BCUT2D eigenvalue weighted by molar-refractivity contribution is 6.76. The third-order valence-electron chi connectivity index (χ3n) is 4.56. The number of hydrogen-bond acceptors (Lipinski definition) is 4. The van der Waals surface area contributed by atoms with Gasteiger partial charge in [-0.3, -0.25) is 4.90 Å². The number of carbonyl (C=O) groups excluding carboxylic acids is 1. The summed E-state index contributed by atoms with van der Waals surface area (Å²) >= 11 is 0. The van der Waals surface area contributed by atoms with E-state index in [0.717, 1.165) is 51.6 Å². The molecule has 1 aliphatic heterocycles. The van der Waals surface area contributed by atoms with Crippen molar-refractivity contribution in [1.82, 2.24) is 9.80 Å². The second-order valence-corrected chi connectivity index (χ2v) is 13.5. The topological polar surface area (TPSA) is 53.0 Å². The Kier molecular flexibility index (Phi) is 5.32. The summed E-state index contributed by atoms with van der Waals surface area (Å²) in [6.45, 7) is 12.0. The maximum atomic E-state index is 12.0. The van der Waals surface area contributed by atoms with Crippen molar-refractivity contribution < 1.29 is 14.6 Å². The van der Waals surface area contributed by atoms with Crippen LogP contribution in [0.4, 0.5) is 4.79 Å². The molecule has 1 amide bonds. The lowest BCUT2D eigenvalue weighted by molar-refractivity contribution is 0.0670. The van der Waals surface area contributed by atoms with Crippen LogP contribution >= 0.6 is 0 Å². The summed E-state index contributed by atoms with van der Waals surface area (Å²) in [4.78, 5) is 16.2. The molecule has 0 radical (unpaired) electrons. The van der Waals surface area contributed by atoms with Crippen LogP contribution < -0.4 is 0 Å². The van der Waals surface area contributed by atoms with Crippen LogP contribution in [0.3, 0.4) is 0 Å². The van der Waals surface area contributed by atoms with Crippen LogP contribution in [0.25, 0.3) is 0 Å². The van der Waals surface area contributed by atoms with Gasteiger partial charge in [-0.15, -0.1) is 0 Å². The van der Waals surface area contributed by atoms with Crippen molar-refractivity contribution in [3.8, 4) is 0 Å². The molecule has 0 spiro atoms. The van der Waals surface area contributed by atoms with Crippen LogP contribution in [0.1, 0.15) is 12.8 Å². The molecule has 0 unspecified atom stereocenters. The average molecular weight is 315 g/mol. The van der Waals surface area contributed by atoms with Crippen LogP contribution in [0.5, 0.6) is 0 Å². The molecule has 2 fully saturated rings. The summed E-state index contributed by atoms with van der Waals surface area (Å²) in [6, 6.07) is 1.03. The zero-order valence-electron chi connectivity index (χ0n) is 13.7. The van der Waals surface area contributed by atoms with Crippen LogP contribution in [0.2, 0.25) is 25.7 Å². The second-order valence-electron chi connectivity index (χ2n) is 7.85. The number of aliphatic hydroxyl groups excluding tert-OH is 1. The lowest BCUT2D eigenvalue weighted by atomic mass is 10.1. The predicted octanol–water partition coefficient (Wildman–Crippen LogP) is 1.85. The summed E-state index contributed by atoms with van der Waals surface area (Å²) in [5.41, 5.74) is 0.167. The van der Waals surface area contributed by atoms with Crippen molar-refractivity contribution in [2.45, 2.75) is 38.5 Å². The average Bonchev–Trinajstić information content (AvgIpc) is 3.18. The number of hydrogen-bond donors (Lipinski definition) is 1. The van der Waals surface area contributed by atoms with E-state index in [2.05, 4.69) is 24.5 Å². The van der Waals surface area contributed by atoms with E-state index in [4.69, 9.17) is 4.74 Å². The number of piperazine rings is 1. The minimum absolute atomic E-state index is 0.156. The Morgan fingerprint density at radius 2 is 1.81 bits per heavy atom. The van der Waals surface area contributed by atoms with Gasteiger partial charge in [0.05, 0.1) is 6.61 Å². The van der Waals surface area contributed by atoms with Gasteiger partial charge < -0.3 is 14.7 Å². The maximum absolute atomic E-state index is 12.0. The Bertz CT molecular complexity index is 358. The smallest absolute Gasteiger partial charge is 0.409 e. The fourth-order valence-corrected chi connectivity index (χ4v) is 3.36. The van der Waals surface area contributed by atoms with Gasteiger partial charge in [0.25, 0.3) is 0 Å². The van der Waals surface area contributed by atoms with E-state index >= 15 is 0 Å². The highest BCUT2D eigenvalue weighted by atomic mass is 28.3. The summed E-state index contributed by atoms with van der Waals surface area (Å²) in [7, 11) is -1.14. The van der Waals surface area contributed by atoms with Crippen molar-refractivity contribution in [3.05, 3.63) is 0 Å². The molecule has 0 bridgehead atoms. The first-order chi connectivity index (χ1) is 9.84. The number of aliphatic hydroxyl groups is 1. The van der Waals surface area contributed by atoms with E-state index in [1.165, 1.54) is 0 Å². The summed E-state index contributed by atoms with van der Waals surface area (Å²) in [5.74, 6) is 0. The van der Waals surface area contributed by atoms with Gasteiger partial charge in [-0.05, 0) is 18.9 Å². The van der Waals surface area contributed by atoms with Crippen LogP contribution in [-0.4, -0.2) is 75.0 Å². The largest absolute Gasteiger partial charge is 0.450 e. The summed E-state index contributed by atoms with van der Waals surface area (Å²) in [6.07, 6.45) is 2.13. The molecule has 1 aliphatic carbocycles. The molecule has 122 valence electrons. The van der Waals surface area contributed by atoms with Crippen molar-refractivity contribution in [2.24, 2.45) is 5.41 Å². The molecular formula is C15H30N2O3Si. The summed E-state index contributed by atoms with van der Waals surface area (Å²) < 4.78 is 5.39. The highest BCUT2D eigenvalue weighted by Gasteiger charge is 2.43. The molecule has 1 N–H and O–H groups in total. The molecule has 0 aromatic carbocycles. The fourth-order valence-electron chi connectivity index (χ4n) is 2.64. The first-order valence-electron chi connectivity index (χ1n) is 8.09. The van der Waals surface area contributed by atoms with Gasteiger partial charge in [-0.25, -0.2) is 4.79 Å². The Balaban J connectivity index is 1.65. The van der Waals surface area contributed by atoms with E-state index in [1.54, 1.807) is 0 Å². The minimum Gasteiger partial charge on any atom is -0.450 e. The molecule has 0 aromatic rings. The lowest BCUT2D eigenvalue weighted by Crippen LogP contribution is -2.50. The highest BCUT2D eigenvalue weighted by Crippen LogP contribution is 2.45. The number of ether oxygens (including phenoxy) is 1. The normalized spacial score (nSPS) is 22.2. The van der Waals surface area contributed by atoms with Crippen molar-refractivity contribution >= 4 is 14.2 Å². The standard InChI is InChI=1S/C15H30N2O3Si/c1-21(2,3)11-10-20-14(19)17-8-6-16(7-9-17)12-15(13-18)4-5-15/h18H,4-13H2,1-3H3. The van der Waals surface area contributed by atoms with E-state index in [0.29, 0.717) is 13.2 Å². The third kappa shape index (κ3) is 5.27. The number of nitrogens with zero attached hydrogens (tertiary/aromatic N) is 2. The van der Waals surface area contributed by atoms with Gasteiger partial charge in [0, 0.05) is 52.8 Å². The van der Waals surface area contributed by atoms with Gasteiger partial charge in [-0.1, -0.05) is 19.6 Å². The van der Waals surface area contributed by atoms with Crippen LogP contribution in [0.15, 0.2) is 0 Å². The van der Waals surface area contributed by atoms with Gasteiger partial charge in [-0.2, -0.15) is 0 Å². The van der Waals surface area contributed by atoms with Crippen molar-refractivity contribution in [2.75, 3.05) is 45.9 Å². The molecular weight excluding hydrogens is 284 g/mol. The Labute approximate surface area is 129 Å². The van der Waals surface area contributed by atoms with Gasteiger partial charge in [0.15, 0.2) is 0 Å². The van der Waals surface area contributed by atoms with E-state index < -0.39 is 8.07 Å². The summed E-state index contributed by atoms with van der Waals surface area (Å²) in [5, 5.41) is 9.38. The Morgan fingerprint density at radius 1 is 1.19 bits per heavy atom. The Morgan fingerprint density at radius 3 is 2.29 bits per heavy atom. The first-order valence-corrected chi connectivity index (χ1v) is 11.8.